The fourth-order valence-electron chi connectivity index (χ4n) is 3.09. The first-order valence-electron chi connectivity index (χ1n) is 9.61. The first-order valence-corrected chi connectivity index (χ1v) is 10.8. The Hall–Kier alpha value is -2.08. The van der Waals surface area contributed by atoms with Gasteiger partial charge in [-0.05, 0) is 68.1 Å². The normalized spacial score (nSPS) is 14.3. The van der Waals surface area contributed by atoms with E-state index in [0.29, 0.717) is 41.7 Å². The van der Waals surface area contributed by atoms with Crippen molar-refractivity contribution in [3.8, 4) is 0 Å². The maximum Gasteiger partial charge on any atom is 0.268 e. The van der Waals surface area contributed by atoms with Crippen LogP contribution in [-0.2, 0) is 14.3 Å². The summed E-state index contributed by atoms with van der Waals surface area (Å²) < 4.78 is 5.36. The molecule has 1 heterocycles. The second-order valence-electron chi connectivity index (χ2n) is 6.87. The number of aryl methyl sites for hydroxylation is 2. The van der Waals surface area contributed by atoms with Crippen molar-refractivity contribution >= 4 is 40.8 Å². The third-order valence-corrected chi connectivity index (χ3v) is 6.17. The molecule has 0 unspecified atom stereocenters. The van der Waals surface area contributed by atoms with E-state index < -0.39 is 0 Å². The fraction of sp³-hybridized carbons (Fsp3) is 0.304. The second kappa shape index (κ2) is 9.61. The number of nitrogens with zero attached hydrogens (tertiary/aromatic N) is 1. The summed E-state index contributed by atoms with van der Waals surface area (Å²) in [5.41, 5.74) is 3.47. The van der Waals surface area contributed by atoms with E-state index in [1.807, 2.05) is 51.1 Å². The zero-order valence-electron chi connectivity index (χ0n) is 16.8. The molecular weight excluding hydrogens is 406 g/mol. The number of hydrogen-bond acceptors (Lipinski definition) is 4. The molecule has 3 rings (SSSR count). The van der Waals surface area contributed by atoms with Crippen LogP contribution in [0.1, 0.15) is 30.0 Å². The highest BCUT2D eigenvalue weighted by Gasteiger charge is 2.39. The number of hydrogen-bond donors (Lipinski definition) is 0. The van der Waals surface area contributed by atoms with Gasteiger partial charge in [0, 0.05) is 29.7 Å². The molecule has 1 aliphatic rings. The number of carbonyl (C=O) groups excluding carboxylic acids is 2. The largest absolute Gasteiger partial charge is 0.382 e. The number of imide groups is 1. The van der Waals surface area contributed by atoms with Crippen molar-refractivity contribution in [1.29, 1.82) is 0 Å². The number of benzene rings is 2. The molecule has 0 atom stereocenters. The van der Waals surface area contributed by atoms with Crippen LogP contribution in [0.2, 0.25) is 5.02 Å². The van der Waals surface area contributed by atoms with Gasteiger partial charge in [0.2, 0.25) is 0 Å². The Morgan fingerprint density at radius 2 is 1.72 bits per heavy atom. The van der Waals surface area contributed by atoms with Crippen LogP contribution >= 0.6 is 23.4 Å². The Bertz CT molecular complexity index is 953. The van der Waals surface area contributed by atoms with Gasteiger partial charge in [-0.2, -0.15) is 0 Å². The Kier molecular flexibility index (Phi) is 7.17. The summed E-state index contributed by atoms with van der Waals surface area (Å²) in [6.45, 7) is 7.44. The van der Waals surface area contributed by atoms with E-state index in [4.69, 9.17) is 16.3 Å². The summed E-state index contributed by atoms with van der Waals surface area (Å²) >= 11 is 7.29. The summed E-state index contributed by atoms with van der Waals surface area (Å²) in [6.07, 6.45) is 0.615. The number of amides is 2. The molecule has 4 nitrogen and oxygen atoms in total. The molecule has 0 saturated carbocycles. The lowest BCUT2D eigenvalue weighted by Gasteiger charge is -2.15. The monoisotopic (exact) mass is 429 g/mol. The maximum atomic E-state index is 13.2. The standard InChI is InChI=1S/C23H24ClNO3S/c1-4-28-13-5-12-25-22(26)20(17-7-6-15(2)16(3)14-17)21(23(25)27)29-19-10-8-18(24)9-11-19/h6-11,14H,4-5,12-13H2,1-3H3. The van der Waals surface area contributed by atoms with Crippen LogP contribution in [0.5, 0.6) is 0 Å². The zero-order valence-corrected chi connectivity index (χ0v) is 18.4. The van der Waals surface area contributed by atoms with Crippen molar-refractivity contribution in [3.63, 3.8) is 0 Å². The first-order chi connectivity index (χ1) is 13.9. The van der Waals surface area contributed by atoms with Gasteiger partial charge in [0.25, 0.3) is 11.8 Å². The molecule has 0 radical (unpaired) electrons. The smallest absolute Gasteiger partial charge is 0.268 e. The molecule has 0 bridgehead atoms. The molecule has 29 heavy (non-hydrogen) atoms. The number of carbonyl (C=O) groups is 2. The summed E-state index contributed by atoms with van der Waals surface area (Å²) in [5, 5.41) is 0.629. The van der Waals surface area contributed by atoms with Crippen molar-refractivity contribution in [2.75, 3.05) is 19.8 Å². The highest BCUT2D eigenvalue weighted by molar-refractivity contribution is 8.04. The highest BCUT2D eigenvalue weighted by atomic mass is 35.5. The van der Waals surface area contributed by atoms with E-state index in [1.54, 1.807) is 12.1 Å². The highest BCUT2D eigenvalue weighted by Crippen LogP contribution is 2.40. The third kappa shape index (κ3) is 4.92. The van der Waals surface area contributed by atoms with E-state index >= 15 is 0 Å². The summed E-state index contributed by atoms with van der Waals surface area (Å²) in [7, 11) is 0. The van der Waals surface area contributed by atoms with Crippen LogP contribution in [0.4, 0.5) is 0 Å². The van der Waals surface area contributed by atoms with E-state index in [0.717, 1.165) is 21.6 Å². The second-order valence-corrected chi connectivity index (χ2v) is 8.39. The average molecular weight is 430 g/mol. The molecule has 6 heteroatoms. The van der Waals surface area contributed by atoms with Crippen molar-refractivity contribution in [3.05, 3.63) is 69.1 Å². The van der Waals surface area contributed by atoms with Crippen LogP contribution in [-0.4, -0.2) is 36.5 Å². The third-order valence-electron chi connectivity index (χ3n) is 4.83. The quantitative estimate of drug-likeness (QED) is 0.424. The summed E-state index contributed by atoms with van der Waals surface area (Å²) in [6, 6.07) is 13.1. The van der Waals surface area contributed by atoms with Crippen LogP contribution in [0.3, 0.4) is 0 Å². The topological polar surface area (TPSA) is 46.6 Å². The van der Waals surface area contributed by atoms with Crippen molar-refractivity contribution in [2.45, 2.75) is 32.1 Å². The summed E-state index contributed by atoms with van der Waals surface area (Å²) in [4.78, 5) is 29.0. The molecule has 0 fully saturated rings. The lowest BCUT2D eigenvalue weighted by atomic mass is 10.0. The predicted octanol–water partition coefficient (Wildman–Crippen LogP) is 5.26. The molecule has 0 aromatic heterocycles. The Balaban J connectivity index is 1.96. The number of thioether (sulfide) groups is 1. The zero-order chi connectivity index (χ0) is 21.0. The SMILES string of the molecule is CCOCCCN1C(=O)C(Sc2ccc(Cl)cc2)=C(c2ccc(C)c(C)c2)C1=O. The maximum absolute atomic E-state index is 13.2. The number of ether oxygens (including phenoxy) is 1. The fourth-order valence-corrected chi connectivity index (χ4v) is 4.23. The van der Waals surface area contributed by atoms with Crippen LogP contribution in [0.25, 0.3) is 5.57 Å². The Morgan fingerprint density at radius 3 is 2.38 bits per heavy atom. The van der Waals surface area contributed by atoms with E-state index in [2.05, 4.69) is 0 Å². The van der Waals surface area contributed by atoms with Gasteiger partial charge in [-0.1, -0.05) is 41.6 Å². The van der Waals surface area contributed by atoms with Gasteiger partial charge >= 0.3 is 0 Å². The average Bonchev–Trinajstić information content (AvgIpc) is 2.93. The molecule has 2 aromatic rings. The minimum atomic E-state index is -0.250. The van der Waals surface area contributed by atoms with Gasteiger partial charge in [0.1, 0.15) is 0 Å². The minimum absolute atomic E-state index is 0.244. The van der Waals surface area contributed by atoms with Crippen LogP contribution in [0.15, 0.2) is 52.3 Å². The van der Waals surface area contributed by atoms with E-state index in [1.165, 1.54) is 16.7 Å². The molecule has 0 N–H and O–H groups in total. The molecule has 0 saturated heterocycles. The molecule has 0 aliphatic carbocycles. The molecule has 2 aromatic carbocycles. The minimum Gasteiger partial charge on any atom is -0.382 e. The van der Waals surface area contributed by atoms with Gasteiger partial charge < -0.3 is 4.74 Å². The Morgan fingerprint density at radius 1 is 1.00 bits per heavy atom. The van der Waals surface area contributed by atoms with E-state index in [9.17, 15) is 9.59 Å². The molecule has 0 spiro atoms. The van der Waals surface area contributed by atoms with Crippen molar-refractivity contribution in [1.82, 2.24) is 4.90 Å². The van der Waals surface area contributed by atoms with Crippen LogP contribution < -0.4 is 0 Å². The molecular formula is C23H24ClNO3S. The Labute approximate surface area is 180 Å². The van der Waals surface area contributed by atoms with Crippen molar-refractivity contribution < 1.29 is 14.3 Å². The van der Waals surface area contributed by atoms with Crippen LogP contribution in [0, 0.1) is 13.8 Å². The van der Waals surface area contributed by atoms with Gasteiger partial charge in [-0.3, -0.25) is 14.5 Å². The molecule has 2 amide bonds. The van der Waals surface area contributed by atoms with Gasteiger partial charge in [-0.25, -0.2) is 0 Å². The van der Waals surface area contributed by atoms with Crippen molar-refractivity contribution in [2.24, 2.45) is 0 Å². The number of halogens is 1. The predicted molar refractivity (Wildman–Crippen MR) is 118 cm³/mol. The lowest BCUT2D eigenvalue weighted by Crippen LogP contribution is -2.33. The van der Waals surface area contributed by atoms with Gasteiger partial charge in [0.05, 0.1) is 10.5 Å². The van der Waals surface area contributed by atoms with E-state index in [-0.39, 0.29) is 11.8 Å². The van der Waals surface area contributed by atoms with Gasteiger partial charge in [0.15, 0.2) is 0 Å². The van der Waals surface area contributed by atoms with Gasteiger partial charge in [-0.15, -0.1) is 0 Å². The molecule has 1 aliphatic heterocycles. The first kappa shape index (κ1) is 21.6. The lowest BCUT2D eigenvalue weighted by molar-refractivity contribution is -0.136. The number of rotatable bonds is 8. The summed E-state index contributed by atoms with van der Waals surface area (Å²) in [5.74, 6) is -0.495. The molecule has 152 valence electrons.